The lowest BCUT2D eigenvalue weighted by atomic mass is 9.79. The number of imidazole rings is 1. The van der Waals surface area contributed by atoms with Crippen molar-refractivity contribution in [2.45, 2.75) is 58.3 Å². The molecular formula is C17H23BN2O2. The first kappa shape index (κ1) is 14.3. The van der Waals surface area contributed by atoms with E-state index >= 15 is 0 Å². The molecule has 22 heavy (non-hydrogen) atoms. The second-order valence-electron chi connectivity index (χ2n) is 7.68. The minimum atomic E-state index is -0.317. The largest absolute Gasteiger partial charge is 0.494 e. The monoisotopic (exact) mass is 298 g/mol. The maximum Gasteiger partial charge on any atom is 0.494 e. The van der Waals surface area contributed by atoms with Crippen molar-refractivity contribution >= 4 is 23.6 Å². The van der Waals surface area contributed by atoms with Crippen LogP contribution in [0.25, 0.3) is 11.0 Å². The molecule has 1 aromatic heterocycles. The topological polar surface area (TPSA) is 36.3 Å². The van der Waals surface area contributed by atoms with Gasteiger partial charge in [-0.3, -0.25) is 0 Å². The maximum atomic E-state index is 6.12. The molecule has 2 heterocycles. The standard InChI is InChI=1S/C17H23BN2O2/c1-16(2)17(3,4)22-18(21-16)13-7-8-15-14(9-13)19-11-20(15)10-12-5-6-12/h7-9,11-12H,5-6,10H2,1-4H3. The van der Waals surface area contributed by atoms with E-state index in [0.717, 1.165) is 23.4 Å². The maximum absolute atomic E-state index is 6.12. The van der Waals surface area contributed by atoms with Crippen LogP contribution in [0.2, 0.25) is 0 Å². The highest BCUT2D eigenvalue weighted by atomic mass is 16.7. The van der Waals surface area contributed by atoms with Crippen LogP contribution in [0.15, 0.2) is 24.5 Å². The van der Waals surface area contributed by atoms with E-state index in [1.165, 1.54) is 18.4 Å². The number of hydrogen-bond acceptors (Lipinski definition) is 3. The molecule has 2 aliphatic rings. The van der Waals surface area contributed by atoms with Gasteiger partial charge in [0.05, 0.1) is 28.6 Å². The number of fused-ring (bicyclic) bond motifs is 1. The lowest BCUT2D eigenvalue weighted by Gasteiger charge is -2.32. The molecule has 1 aliphatic carbocycles. The van der Waals surface area contributed by atoms with E-state index in [-0.39, 0.29) is 18.3 Å². The molecule has 1 saturated carbocycles. The molecule has 4 nitrogen and oxygen atoms in total. The van der Waals surface area contributed by atoms with Crippen LogP contribution < -0.4 is 5.46 Å². The second kappa shape index (κ2) is 4.59. The third kappa shape index (κ3) is 2.27. The highest BCUT2D eigenvalue weighted by Crippen LogP contribution is 2.36. The fourth-order valence-electron chi connectivity index (χ4n) is 2.93. The summed E-state index contributed by atoms with van der Waals surface area (Å²) in [6.07, 6.45) is 4.66. The first-order valence-corrected chi connectivity index (χ1v) is 8.16. The highest BCUT2D eigenvalue weighted by Gasteiger charge is 2.51. The van der Waals surface area contributed by atoms with Crippen LogP contribution in [0.3, 0.4) is 0 Å². The van der Waals surface area contributed by atoms with E-state index in [1.807, 2.05) is 6.33 Å². The summed E-state index contributed by atoms with van der Waals surface area (Å²) >= 11 is 0. The van der Waals surface area contributed by atoms with Gasteiger partial charge in [0.2, 0.25) is 0 Å². The zero-order valence-electron chi connectivity index (χ0n) is 13.8. The SMILES string of the molecule is CC1(C)OB(c2ccc3c(c2)ncn3CC2CC2)OC1(C)C. The van der Waals surface area contributed by atoms with E-state index in [2.05, 4.69) is 55.4 Å². The van der Waals surface area contributed by atoms with Crippen LogP contribution in [-0.4, -0.2) is 27.9 Å². The minimum absolute atomic E-state index is 0.308. The van der Waals surface area contributed by atoms with Crippen molar-refractivity contribution < 1.29 is 9.31 Å². The third-order valence-corrected chi connectivity index (χ3v) is 5.32. The molecule has 4 rings (SSSR count). The number of benzene rings is 1. The fraction of sp³-hybridized carbons (Fsp3) is 0.588. The molecule has 0 atom stereocenters. The van der Waals surface area contributed by atoms with Crippen LogP contribution in [-0.2, 0) is 15.9 Å². The van der Waals surface area contributed by atoms with Crippen molar-refractivity contribution in [3.05, 3.63) is 24.5 Å². The fourth-order valence-corrected chi connectivity index (χ4v) is 2.93. The summed E-state index contributed by atoms with van der Waals surface area (Å²) in [7, 11) is -0.317. The van der Waals surface area contributed by atoms with Gasteiger partial charge in [0.15, 0.2) is 0 Å². The molecule has 5 heteroatoms. The van der Waals surface area contributed by atoms with E-state index in [0.29, 0.717) is 0 Å². The van der Waals surface area contributed by atoms with Crippen LogP contribution >= 0.6 is 0 Å². The number of nitrogens with zero attached hydrogens (tertiary/aromatic N) is 2. The Morgan fingerprint density at radius 2 is 1.86 bits per heavy atom. The third-order valence-electron chi connectivity index (χ3n) is 5.32. The number of hydrogen-bond donors (Lipinski definition) is 0. The van der Waals surface area contributed by atoms with Gasteiger partial charge in [0.25, 0.3) is 0 Å². The average molecular weight is 298 g/mol. The first-order valence-electron chi connectivity index (χ1n) is 8.16. The average Bonchev–Trinajstić information content (AvgIpc) is 3.12. The molecule has 0 amide bonds. The van der Waals surface area contributed by atoms with Gasteiger partial charge in [-0.05, 0) is 64.1 Å². The van der Waals surface area contributed by atoms with Gasteiger partial charge in [-0.15, -0.1) is 0 Å². The van der Waals surface area contributed by atoms with Crippen LogP contribution in [0.5, 0.6) is 0 Å². The molecule has 1 aliphatic heterocycles. The van der Waals surface area contributed by atoms with Crippen molar-refractivity contribution in [1.82, 2.24) is 9.55 Å². The van der Waals surface area contributed by atoms with Crippen molar-refractivity contribution in [3.63, 3.8) is 0 Å². The summed E-state index contributed by atoms with van der Waals surface area (Å²) in [5, 5.41) is 0. The molecule has 1 saturated heterocycles. The van der Waals surface area contributed by atoms with E-state index in [4.69, 9.17) is 9.31 Å². The summed E-state index contributed by atoms with van der Waals surface area (Å²) in [5.41, 5.74) is 2.65. The lowest BCUT2D eigenvalue weighted by molar-refractivity contribution is 0.00578. The van der Waals surface area contributed by atoms with Gasteiger partial charge in [-0.1, -0.05) is 6.07 Å². The van der Waals surface area contributed by atoms with Gasteiger partial charge in [0, 0.05) is 6.54 Å². The van der Waals surface area contributed by atoms with Gasteiger partial charge in [0.1, 0.15) is 0 Å². The highest BCUT2D eigenvalue weighted by molar-refractivity contribution is 6.62. The van der Waals surface area contributed by atoms with Crippen molar-refractivity contribution in [3.8, 4) is 0 Å². The summed E-state index contributed by atoms with van der Waals surface area (Å²) in [6, 6.07) is 6.35. The van der Waals surface area contributed by atoms with Gasteiger partial charge in [-0.2, -0.15) is 0 Å². The summed E-state index contributed by atoms with van der Waals surface area (Å²) in [6.45, 7) is 9.41. The van der Waals surface area contributed by atoms with Gasteiger partial charge < -0.3 is 13.9 Å². The second-order valence-corrected chi connectivity index (χ2v) is 7.68. The van der Waals surface area contributed by atoms with Crippen molar-refractivity contribution in [2.24, 2.45) is 5.92 Å². The Labute approximate surface area is 132 Å². The van der Waals surface area contributed by atoms with E-state index in [1.54, 1.807) is 0 Å². The molecule has 0 N–H and O–H groups in total. The first-order chi connectivity index (χ1) is 10.4. The van der Waals surface area contributed by atoms with Gasteiger partial charge >= 0.3 is 7.12 Å². The number of aromatic nitrogens is 2. The van der Waals surface area contributed by atoms with E-state index < -0.39 is 0 Å². The zero-order chi connectivity index (χ0) is 15.5. The van der Waals surface area contributed by atoms with Crippen LogP contribution in [0, 0.1) is 5.92 Å². The Kier molecular flexibility index (Phi) is 2.98. The molecule has 2 aromatic rings. The zero-order valence-corrected chi connectivity index (χ0v) is 13.8. The molecule has 0 radical (unpaired) electrons. The quantitative estimate of drug-likeness (QED) is 0.818. The Bertz CT molecular complexity index is 703. The normalized spacial score (nSPS) is 23.4. The van der Waals surface area contributed by atoms with Crippen LogP contribution in [0.4, 0.5) is 0 Å². The summed E-state index contributed by atoms with van der Waals surface area (Å²) in [4.78, 5) is 4.56. The molecular weight excluding hydrogens is 275 g/mol. The molecule has 0 unspecified atom stereocenters. The molecule has 1 aromatic carbocycles. The Balaban J connectivity index is 1.63. The Morgan fingerprint density at radius 3 is 2.50 bits per heavy atom. The Morgan fingerprint density at radius 1 is 1.18 bits per heavy atom. The molecule has 0 bridgehead atoms. The minimum Gasteiger partial charge on any atom is -0.399 e. The summed E-state index contributed by atoms with van der Waals surface area (Å²) < 4.78 is 14.5. The lowest BCUT2D eigenvalue weighted by Crippen LogP contribution is -2.41. The smallest absolute Gasteiger partial charge is 0.399 e. The molecule has 116 valence electrons. The van der Waals surface area contributed by atoms with E-state index in [9.17, 15) is 0 Å². The Hall–Kier alpha value is -1.33. The molecule has 2 fully saturated rings. The van der Waals surface area contributed by atoms with Gasteiger partial charge in [-0.25, -0.2) is 4.98 Å². The van der Waals surface area contributed by atoms with Crippen molar-refractivity contribution in [1.29, 1.82) is 0 Å². The number of rotatable bonds is 3. The van der Waals surface area contributed by atoms with Crippen molar-refractivity contribution in [2.75, 3.05) is 0 Å². The van der Waals surface area contributed by atoms with Crippen LogP contribution in [0.1, 0.15) is 40.5 Å². The predicted octanol–water partition coefficient (Wildman–Crippen LogP) is 2.75. The predicted molar refractivity (Wildman–Crippen MR) is 88.2 cm³/mol. The molecule has 0 spiro atoms. The summed E-state index contributed by atoms with van der Waals surface area (Å²) in [5.74, 6) is 0.847.